The van der Waals surface area contributed by atoms with Crippen molar-refractivity contribution in [2.45, 2.75) is 0 Å². The van der Waals surface area contributed by atoms with Crippen molar-refractivity contribution in [1.29, 1.82) is 0 Å². The van der Waals surface area contributed by atoms with E-state index in [9.17, 15) is 10.0 Å². The smallest absolute Gasteiger partial charge is 0.423 e. The molecule has 0 radical (unpaired) electrons. The largest absolute Gasteiger partial charge is 0.488 e. The minimum atomic E-state index is -1.56. The van der Waals surface area contributed by atoms with Gasteiger partial charge in [0, 0.05) is 23.0 Å². The molecular formula is C21H13BClNO2. The minimum Gasteiger partial charge on any atom is -0.423 e. The van der Waals surface area contributed by atoms with E-state index in [0.29, 0.717) is 10.5 Å². The lowest BCUT2D eigenvalue weighted by Gasteiger charge is -2.09. The number of nitrogens with zero attached hydrogens (tertiary/aromatic N) is 1. The lowest BCUT2D eigenvalue weighted by atomic mass is 9.78. The third-order valence-corrected chi connectivity index (χ3v) is 5.26. The van der Waals surface area contributed by atoms with E-state index in [0.717, 1.165) is 44.2 Å². The quantitative estimate of drug-likeness (QED) is 0.471. The molecule has 0 fully saturated rings. The van der Waals surface area contributed by atoms with Gasteiger partial charge in [-0.3, -0.25) is 4.98 Å². The number of rotatable bonds is 2. The van der Waals surface area contributed by atoms with Gasteiger partial charge in [0.15, 0.2) is 0 Å². The van der Waals surface area contributed by atoms with Gasteiger partial charge in [-0.1, -0.05) is 35.9 Å². The molecule has 26 heavy (non-hydrogen) atoms. The number of pyridine rings is 1. The van der Waals surface area contributed by atoms with Crippen LogP contribution < -0.4 is 5.46 Å². The summed E-state index contributed by atoms with van der Waals surface area (Å²) in [6.45, 7) is 0. The lowest BCUT2D eigenvalue weighted by molar-refractivity contribution is 0.426. The highest BCUT2D eigenvalue weighted by atomic mass is 35.5. The summed E-state index contributed by atoms with van der Waals surface area (Å²) in [4.78, 5) is 4.09. The SMILES string of the molecule is OB(O)c1cc(Cl)c2c(c1)-c1cc(-c3ccncc3)cc3cccc-2c13. The van der Waals surface area contributed by atoms with E-state index in [1.807, 2.05) is 24.3 Å². The molecule has 3 nitrogen and oxygen atoms in total. The first-order valence-electron chi connectivity index (χ1n) is 8.31. The van der Waals surface area contributed by atoms with Gasteiger partial charge in [-0.15, -0.1) is 0 Å². The van der Waals surface area contributed by atoms with Gasteiger partial charge in [0.2, 0.25) is 0 Å². The molecule has 0 bridgehead atoms. The summed E-state index contributed by atoms with van der Waals surface area (Å²) in [5.74, 6) is 0. The Morgan fingerprint density at radius 1 is 0.808 bits per heavy atom. The normalized spacial score (nSPS) is 11.7. The summed E-state index contributed by atoms with van der Waals surface area (Å²) in [6, 6.07) is 17.9. The van der Waals surface area contributed by atoms with E-state index in [-0.39, 0.29) is 0 Å². The third-order valence-electron chi connectivity index (χ3n) is 4.96. The van der Waals surface area contributed by atoms with Crippen molar-refractivity contribution in [3.05, 3.63) is 72.0 Å². The van der Waals surface area contributed by atoms with Crippen molar-refractivity contribution in [3.63, 3.8) is 0 Å². The predicted octanol–water partition coefficient (Wildman–Crippen LogP) is 3.88. The lowest BCUT2D eigenvalue weighted by Crippen LogP contribution is -2.29. The average molecular weight is 358 g/mol. The molecule has 0 unspecified atom stereocenters. The van der Waals surface area contributed by atoms with Gasteiger partial charge in [-0.25, -0.2) is 0 Å². The van der Waals surface area contributed by atoms with Crippen LogP contribution in [0.5, 0.6) is 0 Å². The standard InChI is InChI=1S/C21H13BClNO2/c23-19-11-15(22(25)26)10-18-17-9-14(12-4-6-24-7-5-12)8-13-2-1-3-16(20(13)17)21(18)19/h1-11,25-26H. The van der Waals surface area contributed by atoms with Crippen molar-refractivity contribution in [2.24, 2.45) is 0 Å². The van der Waals surface area contributed by atoms with Crippen molar-refractivity contribution in [3.8, 4) is 33.4 Å². The highest BCUT2D eigenvalue weighted by molar-refractivity contribution is 6.59. The maximum atomic E-state index is 9.61. The minimum absolute atomic E-state index is 0.393. The molecule has 0 spiro atoms. The molecule has 5 heteroatoms. The van der Waals surface area contributed by atoms with E-state index < -0.39 is 7.12 Å². The molecule has 1 heterocycles. The van der Waals surface area contributed by atoms with E-state index in [2.05, 4.69) is 29.2 Å². The van der Waals surface area contributed by atoms with Crippen LogP contribution in [-0.2, 0) is 0 Å². The highest BCUT2D eigenvalue weighted by Crippen LogP contribution is 2.50. The van der Waals surface area contributed by atoms with Gasteiger partial charge in [0.25, 0.3) is 0 Å². The molecule has 0 saturated heterocycles. The molecule has 0 atom stereocenters. The molecule has 1 aromatic heterocycles. The first-order chi connectivity index (χ1) is 12.6. The Hall–Kier alpha value is -2.66. The zero-order chi connectivity index (χ0) is 17.8. The number of hydrogen-bond donors (Lipinski definition) is 2. The first kappa shape index (κ1) is 15.6. The van der Waals surface area contributed by atoms with Crippen LogP contribution >= 0.6 is 11.6 Å². The second-order valence-electron chi connectivity index (χ2n) is 6.46. The summed E-state index contributed by atoms with van der Waals surface area (Å²) in [7, 11) is -1.56. The van der Waals surface area contributed by atoms with Crippen LogP contribution in [0.4, 0.5) is 0 Å². The molecule has 0 amide bonds. The van der Waals surface area contributed by atoms with E-state index in [1.165, 1.54) is 0 Å². The van der Waals surface area contributed by atoms with Crippen LogP contribution in [0, 0.1) is 0 Å². The van der Waals surface area contributed by atoms with E-state index in [4.69, 9.17) is 11.6 Å². The van der Waals surface area contributed by atoms with Gasteiger partial charge in [-0.05, 0) is 74.4 Å². The number of hydrogen-bond acceptors (Lipinski definition) is 3. The number of fused-ring (bicyclic) bond motifs is 3. The Morgan fingerprint density at radius 3 is 2.38 bits per heavy atom. The molecule has 2 N–H and O–H groups in total. The zero-order valence-electron chi connectivity index (χ0n) is 13.6. The molecule has 3 aromatic carbocycles. The molecule has 0 saturated carbocycles. The van der Waals surface area contributed by atoms with Crippen LogP contribution in [-0.4, -0.2) is 22.2 Å². The Balaban J connectivity index is 1.87. The fraction of sp³-hybridized carbons (Fsp3) is 0. The second-order valence-corrected chi connectivity index (χ2v) is 6.87. The fourth-order valence-electron chi connectivity index (χ4n) is 3.82. The Bertz CT molecular complexity index is 1180. The van der Waals surface area contributed by atoms with Crippen LogP contribution in [0.25, 0.3) is 44.2 Å². The molecule has 1 aliphatic carbocycles. The monoisotopic (exact) mass is 357 g/mol. The van der Waals surface area contributed by atoms with Crippen molar-refractivity contribution >= 4 is 35.0 Å². The predicted molar refractivity (Wildman–Crippen MR) is 106 cm³/mol. The number of halogens is 1. The van der Waals surface area contributed by atoms with Gasteiger partial charge >= 0.3 is 7.12 Å². The first-order valence-corrected chi connectivity index (χ1v) is 8.69. The summed E-state index contributed by atoms with van der Waals surface area (Å²) >= 11 is 6.52. The highest BCUT2D eigenvalue weighted by Gasteiger charge is 2.26. The second kappa shape index (κ2) is 5.68. The van der Waals surface area contributed by atoms with Gasteiger partial charge in [0.05, 0.1) is 0 Å². The van der Waals surface area contributed by atoms with Crippen molar-refractivity contribution in [2.75, 3.05) is 0 Å². The Kier molecular flexibility index (Phi) is 3.40. The summed E-state index contributed by atoms with van der Waals surface area (Å²) in [5, 5.41) is 22.0. The molecule has 5 rings (SSSR count). The van der Waals surface area contributed by atoms with E-state index in [1.54, 1.807) is 18.5 Å². The Morgan fingerprint density at radius 2 is 1.62 bits per heavy atom. The zero-order valence-corrected chi connectivity index (χ0v) is 14.4. The molecule has 1 aliphatic rings. The van der Waals surface area contributed by atoms with E-state index >= 15 is 0 Å². The molecule has 4 aromatic rings. The average Bonchev–Trinajstić information content (AvgIpc) is 2.98. The third kappa shape index (κ3) is 2.20. The maximum Gasteiger partial charge on any atom is 0.488 e. The number of benzene rings is 3. The van der Waals surface area contributed by atoms with Crippen LogP contribution in [0.15, 0.2) is 67.0 Å². The van der Waals surface area contributed by atoms with Gasteiger partial charge in [0.1, 0.15) is 0 Å². The molecule has 124 valence electrons. The van der Waals surface area contributed by atoms with Crippen LogP contribution in [0.3, 0.4) is 0 Å². The Labute approximate surface area is 155 Å². The van der Waals surface area contributed by atoms with Gasteiger partial charge < -0.3 is 10.0 Å². The van der Waals surface area contributed by atoms with Gasteiger partial charge in [-0.2, -0.15) is 0 Å². The van der Waals surface area contributed by atoms with Crippen molar-refractivity contribution in [1.82, 2.24) is 4.98 Å². The molecular weight excluding hydrogens is 345 g/mol. The van der Waals surface area contributed by atoms with Crippen LogP contribution in [0.2, 0.25) is 5.02 Å². The summed E-state index contributed by atoms with van der Waals surface area (Å²) in [5.41, 5.74) is 6.59. The summed E-state index contributed by atoms with van der Waals surface area (Å²) < 4.78 is 0. The topological polar surface area (TPSA) is 53.4 Å². The fourth-order valence-corrected chi connectivity index (χ4v) is 4.15. The maximum absolute atomic E-state index is 9.61. The van der Waals surface area contributed by atoms with Crippen LogP contribution in [0.1, 0.15) is 0 Å². The number of aromatic nitrogens is 1. The van der Waals surface area contributed by atoms with Crippen molar-refractivity contribution < 1.29 is 10.0 Å². The molecule has 0 aliphatic heterocycles. The summed E-state index contributed by atoms with van der Waals surface area (Å²) in [6.07, 6.45) is 3.56.